The molecule has 0 amide bonds. The number of nitrogen functional groups attached to an aromatic ring is 1. The first kappa shape index (κ1) is 23.0. The van der Waals surface area contributed by atoms with E-state index in [9.17, 15) is 14.4 Å². The van der Waals surface area contributed by atoms with Gasteiger partial charge in [-0.3, -0.25) is 9.36 Å². The molecule has 11 heteroatoms. The summed E-state index contributed by atoms with van der Waals surface area (Å²) in [6.45, 7) is 7.74. The number of aromatic nitrogens is 2. The summed E-state index contributed by atoms with van der Waals surface area (Å²) >= 11 is 3.54. The number of rotatable bonds is 9. The number of allylic oxidation sites excluding steroid dienone is 1. The van der Waals surface area contributed by atoms with E-state index in [2.05, 4.69) is 11.6 Å². The monoisotopic (exact) mass is 479 g/mol. The number of anilines is 1. The van der Waals surface area contributed by atoms with E-state index in [-0.39, 0.29) is 46.5 Å². The molecule has 0 saturated carbocycles. The minimum absolute atomic E-state index is 0.150. The number of ether oxygens (including phenoxy) is 2. The summed E-state index contributed by atoms with van der Waals surface area (Å²) in [6, 6.07) is 1.78. The molecule has 0 atom stereocenters. The number of thiophene rings is 2. The third-order valence-electron chi connectivity index (χ3n) is 4.16. The van der Waals surface area contributed by atoms with Crippen molar-refractivity contribution in [3.8, 4) is 0 Å². The molecule has 0 aromatic carbocycles. The van der Waals surface area contributed by atoms with Gasteiger partial charge in [-0.1, -0.05) is 17.8 Å². The lowest BCUT2D eigenvalue weighted by molar-refractivity contribution is 0.0527. The Labute approximate surface area is 190 Å². The van der Waals surface area contributed by atoms with Crippen LogP contribution in [0.25, 0.3) is 10.2 Å². The molecule has 3 heterocycles. The van der Waals surface area contributed by atoms with E-state index in [0.717, 1.165) is 11.3 Å². The molecule has 3 aromatic heterocycles. The number of carbonyl (C=O) groups excluding carboxylic acids is 2. The van der Waals surface area contributed by atoms with Gasteiger partial charge in [-0.2, -0.15) is 0 Å². The third-order valence-corrected chi connectivity index (χ3v) is 7.10. The van der Waals surface area contributed by atoms with Gasteiger partial charge < -0.3 is 15.2 Å². The van der Waals surface area contributed by atoms with Crippen molar-refractivity contribution in [2.45, 2.75) is 31.3 Å². The van der Waals surface area contributed by atoms with Crippen LogP contribution in [0.15, 0.2) is 34.1 Å². The van der Waals surface area contributed by atoms with Crippen molar-refractivity contribution < 1.29 is 19.1 Å². The van der Waals surface area contributed by atoms with Crippen LogP contribution in [-0.4, -0.2) is 34.7 Å². The predicted octanol–water partition coefficient (Wildman–Crippen LogP) is 3.93. The Hall–Kier alpha value is -2.63. The lowest BCUT2D eigenvalue weighted by Crippen LogP contribution is -2.22. The van der Waals surface area contributed by atoms with Gasteiger partial charge in [0.2, 0.25) is 0 Å². The molecule has 0 aliphatic carbocycles. The minimum Gasteiger partial charge on any atom is -0.462 e. The van der Waals surface area contributed by atoms with Gasteiger partial charge in [-0.25, -0.2) is 14.6 Å². The average molecular weight is 480 g/mol. The second kappa shape index (κ2) is 10.1. The lowest BCUT2D eigenvalue weighted by Gasteiger charge is -2.11. The molecule has 31 heavy (non-hydrogen) atoms. The summed E-state index contributed by atoms with van der Waals surface area (Å²) < 4.78 is 12.3. The number of nitrogens with zero attached hydrogens (tertiary/aromatic N) is 2. The van der Waals surface area contributed by atoms with Crippen molar-refractivity contribution in [2.24, 2.45) is 0 Å². The maximum Gasteiger partial charge on any atom is 0.348 e. The fourth-order valence-electron chi connectivity index (χ4n) is 2.87. The van der Waals surface area contributed by atoms with Crippen LogP contribution in [0.2, 0.25) is 0 Å². The van der Waals surface area contributed by atoms with Crippen LogP contribution in [0.3, 0.4) is 0 Å². The van der Waals surface area contributed by atoms with E-state index in [1.165, 1.54) is 27.7 Å². The molecule has 0 fully saturated rings. The second-order valence-corrected chi connectivity index (χ2v) is 9.02. The first-order chi connectivity index (χ1) is 14.9. The molecule has 0 radical (unpaired) electrons. The quantitative estimate of drug-likeness (QED) is 0.213. The van der Waals surface area contributed by atoms with Crippen LogP contribution in [-0.2, 0) is 21.8 Å². The summed E-state index contributed by atoms with van der Waals surface area (Å²) in [4.78, 5) is 42.7. The van der Waals surface area contributed by atoms with Crippen molar-refractivity contribution in [2.75, 3.05) is 18.9 Å². The van der Waals surface area contributed by atoms with Gasteiger partial charge in [0.15, 0.2) is 5.16 Å². The highest BCUT2D eigenvalue weighted by Crippen LogP contribution is 2.36. The van der Waals surface area contributed by atoms with Crippen LogP contribution in [0, 0.1) is 0 Å². The molecular formula is C20H21N3O5S3. The van der Waals surface area contributed by atoms with Crippen molar-refractivity contribution >= 4 is 61.6 Å². The van der Waals surface area contributed by atoms with Gasteiger partial charge in [0, 0.05) is 17.9 Å². The Morgan fingerprint density at radius 2 is 2.00 bits per heavy atom. The second-order valence-electron chi connectivity index (χ2n) is 6.11. The molecule has 0 spiro atoms. The topological polar surface area (TPSA) is 114 Å². The van der Waals surface area contributed by atoms with Gasteiger partial charge >= 0.3 is 11.9 Å². The molecule has 0 bridgehead atoms. The highest BCUT2D eigenvalue weighted by Gasteiger charge is 2.28. The van der Waals surface area contributed by atoms with E-state index < -0.39 is 11.9 Å². The van der Waals surface area contributed by atoms with E-state index in [1.54, 1.807) is 26.0 Å². The van der Waals surface area contributed by atoms with Crippen LogP contribution < -0.4 is 11.3 Å². The zero-order valence-electron chi connectivity index (χ0n) is 17.0. The van der Waals surface area contributed by atoms with Crippen molar-refractivity contribution in [1.29, 1.82) is 0 Å². The van der Waals surface area contributed by atoms with Gasteiger partial charge in [-0.15, -0.1) is 29.3 Å². The summed E-state index contributed by atoms with van der Waals surface area (Å²) in [7, 11) is 0. The van der Waals surface area contributed by atoms with Gasteiger partial charge in [0.1, 0.15) is 14.6 Å². The van der Waals surface area contributed by atoms with Crippen LogP contribution >= 0.6 is 34.4 Å². The number of nitrogens with two attached hydrogens (primary N) is 1. The van der Waals surface area contributed by atoms with E-state index in [1.807, 2.05) is 5.38 Å². The summed E-state index contributed by atoms with van der Waals surface area (Å²) in [5, 5.41) is 2.44. The number of hydrogen-bond donors (Lipinski definition) is 1. The van der Waals surface area contributed by atoms with Crippen LogP contribution in [0.1, 0.15) is 39.4 Å². The Morgan fingerprint density at radius 1 is 1.29 bits per heavy atom. The van der Waals surface area contributed by atoms with E-state index in [0.29, 0.717) is 20.9 Å². The zero-order chi connectivity index (χ0) is 22.5. The fraction of sp³-hybridized carbons (Fsp3) is 0.300. The predicted molar refractivity (Wildman–Crippen MR) is 124 cm³/mol. The average Bonchev–Trinajstić information content (AvgIpc) is 3.33. The summed E-state index contributed by atoms with van der Waals surface area (Å²) in [6.07, 6.45) is 1.61. The van der Waals surface area contributed by atoms with E-state index in [4.69, 9.17) is 15.2 Å². The Bertz CT molecular complexity index is 1190. The van der Waals surface area contributed by atoms with Crippen molar-refractivity contribution in [1.82, 2.24) is 9.55 Å². The number of carbonyl (C=O) groups is 2. The molecule has 8 nitrogen and oxygen atoms in total. The smallest absolute Gasteiger partial charge is 0.348 e. The molecule has 3 aromatic rings. The molecule has 164 valence electrons. The first-order valence-corrected chi connectivity index (χ1v) is 12.1. The molecule has 0 aliphatic rings. The van der Waals surface area contributed by atoms with Gasteiger partial charge in [0.25, 0.3) is 5.56 Å². The van der Waals surface area contributed by atoms with Gasteiger partial charge in [-0.05, 0) is 25.3 Å². The molecule has 3 rings (SSSR count). The maximum absolute atomic E-state index is 12.8. The maximum atomic E-state index is 12.8. The number of thioether (sulfide) groups is 1. The normalized spacial score (nSPS) is 10.9. The highest BCUT2D eigenvalue weighted by atomic mass is 32.2. The SMILES string of the molecule is C=CCn1c(SCc2c(C(=O)OCC)sc(N)c2C(=O)OCC)nc2ccsc2c1=O. The van der Waals surface area contributed by atoms with Crippen LogP contribution in [0.5, 0.6) is 0 Å². The molecule has 0 aliphatic heterocycles. The number of fused-ring (bicyclic) bond motifs is 1. The number of hydrogen-bond acceptors (Lipinski definition) is 10. The lowest BCUT2D eigenvalue weighted by atomic mass is 10.1. The van der Waals surface area contributed by atoms with Gasteiger partial charge in [0.05, 0.1) is 24.3 Å². The highest BCUT2D eigenvalue weighted by molar-refractivity contribution is 7.98. The minimum atomic E-state index is -0.605. The summed E-state index contributed by atoms with van der Waals surface area (Å²) in [5.41, 5.74) is 7.05. The van der Waals surface area contributed by atoms with Crippen molar-refractivity contribution in [3.63, 3.8) is 0 Å². The van der Waals surface area contributed by atoms with Crippen molar-refractivity contribution in [3.05, 3.63) is 50.5 Å². The first-order valence-electron chi connectivity index (χ1n) is 9.39. The molecular weight excluding hydrogens is 458 g/mol. The molecule has 0 unspecified atom stereocenters. The van der Waals surface area contributed by atoms with Crippen LogP contribution in [0.4, 0.5) is 5.00 Å². The largest absolute Gasteiger partial charge is 0.462 e. The zero-order valence-corrected chi connectivity index (χ0v) is 19.5. The standard InChI is InChI=1S/C20H21N3O5S3/c1-4-8-23-17(24)15-12(7-9-29-15)22-20(23)30-10-11-13(18(25)27-5-2)16(21)31-14(11)19(26)28-6-3/h4,7,9H,1,5-6,8,10,21H2,2-3H3. The third kappa shape index (κ3) is 4.68. The molecule has 0 saturated heterocycles. The number of esters is 2. The fourth-order valence-corrected chi connectivity index (χ4v) is 5.75. The van der Waals surface area contributed by atoms with E-state index >= 15 is 0 Å². The Balaban J connectivity index is 2.05. The Kier molecular flexibility index (Phi) is 7.52. The Morgan fingerprint density at radius 3 is 2.68 bits per heavy atom. The molecule has 2 N–H and O–H groups in total. The summed E-state index contributed by atoms with van der Waals surface area (Å²) in [5.74, 6) is -0.989.